The molecule has 1 aromatic carbocycles. The van der Waals surface area contributed by atoms with Gasteiger partial charge in [-0.3, -0.25) is 9.71 Å². The van der Waals surface area contributed by atoms with Gasteiger partial charge in [0.2, 0.25) is 10.0 Å². The van der Waals surface area contributed by atoms with Crippen molar-refractivity contribution in [3.8, 4) is 11.5 Å². The van der Waals surface area contributed by atoms with Gasteiger partial charge in [0.25, 0.3) is 0 Å². The minimum Gasteiger partial charge on any atom is -0.491 e. The van der Waals surface area contributed by atoms with Gasteiger partial charge in [-0.15, -0.1) is 0 Å². The van der Waals surface area contributed by atoms with Crippen LogP contribution in [0.4, 0.5) is 5.69 Å². The summed E-state index contributed by atoms with van der Waals surface area (Å²) in [6, 6.07) is 4.00. The van der Waals surface area contributed by atoms with Crippen LogP contribution in [0.25, 0.3) is 0 Å². The standard InChI is InChI=1S/C17H23N3O4S/c1-2-25(21,22)19-16-15(24-12-3-4-12)6-5-13-14(7-10-23-17(13)16)20-9-8-18-11-20/h5-6,11-12,14,19H,2-4,7-10H2,1H3. The van der Waals surface area contributed by atoms with E-state index >= 15 is 0 Å². The largest absolute Gasteiger partial charge is 0.491 e. The first-order valence-corrected chi connectivity index (χ1v) is 10.4. The van der Waals surface area contributed by atoms with Crippen molar-refractivity contribution in [3.05, 3.63) is 17.7 Å². The van der Waals surface area contributed by atoms with E-state index in [0.717, 1.165) is 37.9 Å². The summed E-state index contributed by atoms with van der Waals surface area (Å²) in [4.78, 5) is 6.49. The molecule has 4 rings (SSSR count). The number of rotatable bonds is 6. The molecule has 0 bridgehead atoms. The average Bonchev–Trinajstić information content (AvgIpc) is 3.26. The van der Waals surface area contributed by atoms with E-state index in [1.807, 2.05) is 18.5 Å². The average molecular weight is 365 g/mol. The Hall–Kier alpha value is -1.96. The molecule has 1 saturated carbocycles. The molecule has 8 heteroatoms. The van der Waals surface area contributed by atoms with Crippen LogP contribution in [0, 0.1) is 0 Å². The second kappa shape index (κ2) is 6.40. The molecule has 0 saturated heterocycles. The zero-order valence-electron chi connectivity index (χ0n) is 14.3. The number of sulfonamides is 1. The normalized spacial score (nSPS) is 22.4. The van der Waals surface area contributed by atoms with E-state index in [2.05, 4.69) is 14.6 Å². The Kier molecular flexibility index (Phi) is 4.23. The molecule has 1 atom stereocenters. The summed E-state index contributed by atoms with van der Waals surface area (Å²) in [7, 11) is -3.43. The molecule has 2 heterocycles. The van der Waals surface area contributed by atoms with E-state index in [1.54, 1.807) is 6.92 Å². The highest BCUT2D eigenvalue weighted by Gasteiger charge is 2.33. The van der Waals surface area contributed by atoms with Gasteiger partial charge >= 0.3 is 0 Å². The number of fused-ring (bicyclic) bond motifs is 1. The number of aliphatic imine (C=N–C) groups is 1. The summed E-state index contributed by atoms with van der Waals surface area (Å²) >= 11 is 0. The van der Waals surface area contributed by atoms with E-state index in [9.17, 15) is 8.42 Å². The Labute approximate surface area is 148 Å². The van der Waals surface area contributed by atoms with Crippen LogP contribution in [0.1, 0.15) is 37.8 Å². The van der Waals surface area contributed by atoms with Crippen LogP contribution in [0.3, 0.4) is 0 Å². The predicted octanol–water partition coefficient (Wildman–Crippen LogP) is 2.16. The molecule has 1 aromatic rings. The van der Waals surface area contributed by atoms with E-state index < -0.39 is 10.0 Å². The van der Waals surface area contributed by atoms with Crippen molar-refractivity contribution in [1.29, 1.82) is 0 Å². The highest BCUT2D eigenvalue weighted by Crippen LogP contribution is 2.47. The quantitative estimate of drug-likeness (QED) is 0.836. The summed E-state index contributed by atoms with van der Waals surface area (Å²) in [6.07, 6.45) is 4.91. The lowest BCUT2D eigenvalue weighted by molar-refractivity contribution is 0.209. The number of nitrogens with one attached hydrogen (secondary N) is 1. The maximum absolute atomic E-state index is 12.2. The molecular formula is C17H23N3O4S. The monoisotopic (exact) mass is 365 g/mol. The second-order valence-corrected chi connectivity index (χ2v) is 8.60. The second-order valence-electron chi connectivity index (χ2n) is 6.59. The van der Waals surface area contributed by atoms with Gasteiger partial charge in [0.15, 0.2) is 5.75 Å². The Bertz CT molecular complexity index is 789. The van der Waals surface area contributed by atoms with Crippen molar-refractivity contribution in [3.63, 3.8) is 0 Å². The maximum Gasteiger partial charge on any atom is 0.232 e. The van der Waals surface area contributed by atoms with Gasteiger partial charge in [0, 0.05) is 18.5 Å². The summed E-state index contributed by atoms with van der Waals surface area (Å²) < 4.78 is 38.9. The Morgan fingerprint density at radius 3 is 2.88 bits per heavy atom. The van der Waals surface area contributed by atoms with Gasteiger partial charge in [-0.1, -0.05) is 0 Å². The molecule has 1 aliphatic carbocycles. The minimum absolute atomic E-state index is 0.00173. The molecule has 0 amide bonds. The fourth-order valence-electron chi connectivity index (χ4n) is 3.19. The molecule has 0 aromatic heterocycles. The van der Waals surface area contributed by atoms with Crippen molar-refractivity contribution in [2.75, 3.05) is 30.2 Å². The lowest BCUT2D eigenvalue weighted by atomic mass is 9.98. The molecule has 25 heavy (non-hydrogen) atoms. The predicted molar refractivity (Wildman–Crippen MR) is 96.1 cm³/mol. The number of hydrogen-bond acceptors (Lipinski definition) is 6. The van der Waals surface area contributed by atoms with Crippen LogP contribution >= 0.6 is 0 Å². The van der Waals surface area contributed by atoms with E-state index in [-0.39, 0.29) is 17.9 Å². The smallest absolute Gasteiger partial charge is 0.232 e. The summed E-state index contributed by atoms with van der Waals surface area (Å²) in [5.41, 5.74) is 1.42. The number of ether oxygens (including phenoxy) is 2. The van der Waals surface area contributed by atoms with Crippen LogP contribution < -0.4 is 14.2 Å². The van der Waals surface area contributed by atoms with Gasteiger partial charge in [-0.2, -0.15) is 0 Å². The first-order valence-electron chi connectivity index (χ1n) is 8.80. The highest BCUT2D eigenvalue weighted by atomic mass is 32.2. The molecule has 1 N–H and O–H groups in total. The highest BCUT2D eigenvalue weighted by molar-refractivity contribution is 7.92. The number of nitrogens with zero attached hydrogens (tertiary/aromatic N) is 2. The van der Waals surface area contributed by atoms with Crippen molar-refractivity contribution in [2.45, 2.75) is 38.3 Å². The van der Waals surface area contributed by atoms with Gasteiger partial charge in [-0.05, 0) is 31.9 Å². The fourth-order valence-corrected chi connectivity index (χ4v) is 3.84. The van der Waals surface area contributed by atoms with Crippen LogP contribution in [0.2, 0.25) is 0 Å². The first kappa shape index (κ1) is 16.5. The third kappa shape index (κ3) is 3.40. The lowest BCUT2D eigenvalue weighted by Crippen LogP contribution is -2.31. The first-order chi connectivity index (χ1) is 12.1. The third-order valence-electron chi connectivity index (χ3n) is 4.72. The zero-order valence-corrected chi connectivity index (χ0v) is 15.1. The molecule has 2 aliphatic heterocycles. The Balaban J connectivity index is 1.75. The Morgan fingerprint density at radius 1 is 1.36 bits per heavy atom. The molecule has 7 nitrogen and oxygen atoms in total. The molecule has 3 aliphatic rings. The molecular weight excluding hydrogens is 342 g/mol. The SMILES string of the molecule is CCS(=O)(=O)Nc1c(OC2CC2)ccc2c1OCCC2N1C=NCC1. The summed E-state index contributed by atoms with van der Waals surface area (Å²) in [5, 5.41) is 0. The molecule has 136 valence electrons. The Morgan fingerprint density at radius 2 is 2.20 bits per heavy atom. The number of anilines is 1. The van der Waals surface area contributed by atoms with Crippen LogP contribution in [-0.2, 0) is 10.0 Å². The molecule has 0 spiro atoms. The van der Waals surface area contributed by atoms with Crippen molar-refractivity contribution >= 4 is 22.0 Å². The third-order valence-corrected chi connectivity index (χ3v) is 6.00. The van der Waals surface area contributed by atoms with E-state index in [0.29, 0.717) is 23.8 Å². The summed E-state index contributed by atoms with van der Waals surface area (Å²) in [5.74, 6) is 1.14. The minimum atomic E-state index is -3.43. The zero-order chi connectivity index (χ0) is 17.4. The van der Waals surface area contributed by atoms with Crippen LogP contribution in [0.15, 0.2) is 17.1 Å². The molecule has 0 radical (unpaired) electrons. The number of hydrogen-bond donors (Lipinski definition) is 1. The van der Waals surface area contributed by atoms with E-state index in [4.69, 9.17) is 9.47 Å². The molecule has 1 fully saturated rings. The van der Waals surface area contributed by atoms with Gasteiger partial charge < -0.3 is 14.4 Å². The van der Waals surface area contributed by atoms with Crippen molar-refractivity contribution in [2.24, 2.45) is 4.99 Å². The fraction of sp³-hybridized carbons (Fsp3) is 0.588. The van der Waals surface area contributed by atoms with Gasteiger partial charge in [0.1, 0.15) is 11.4 Å². The van der Waals surface area contributed by atoms with Crippen molar-refractivity contribution < 1.29 is 17.9 Å². The number of benzene rings is 1. The van der Waals surface area contributed by atoms with Gasteiger partial charge in [-0.25, -0.2) is 8.42 Å². The lowest BCUT2D eigenvalue weighted by Gasteiger charge is -2.34. The van der Waals surface area contributed by atoms with Gasteiger partial charge in [0.05, 0.1) is 37.4 Å². The maximum atomic E-state index is 12.2. The van der Waals surface area contributed by atoms with Crippen LogP contribution in [0.5, 0.6) is 11.5 Å². The topological polar surface area (TPSA) is 80.2 Å². The van der Waals surface area contributed by atoms with Crippen molar-refractivity contribution in [1.82, 2.24) is 4.90 Å². The molecule has 1 unspecified atom stereocenters. The van der Waals surface area contributed by atoms with E-state index in [1.165, 1.54) is 0 Å². The van der Waals surface area contributed by atoms with Crippen LogP contribution in [-0.4, -0.2) is 51.2 Å². The summed E-state index contributed by atoms with van der Waals surface area (Å²) in [6.45, 7) is 3.82.